The fraction of sp³-hybridized carbons (Fsp3) is 0.154. The van der Waals surface area contributed by atoms with Crippen LogP contribution in [0.1, 0.15) is 25.5 Å². The largest absolute Gasteiger partial charge is 0.418 e. The van der Waals surface area contributed by atoms with Gasteiger partial charge in [0.15, 0.2) is 0 Å². The third kappa shape index (κ3) is 4.83. The van der Waals surface area contributed by atoms with Crippen LogP contribution in [0.4, 0.5) is 24.5 Å². The van der Waals surface area contributed by atoms with E-state index in [0.29, 0.717) is 22.3 Å². The topological polar surface area (TPSA) is 93.1 Å². The molecule has 3 aromatic carbocycles. The lowest BCUT2D eigenvalue weighted by Crippen LogP contribution is -2.33. The van der Waals surface area contributed by atoms with Crippen LogP contribution in [0, 0.1) is 0 Å². The fourth-order valence-corrected chi connectivity index (χ4v) is 3.90. The van der Waals surface area contributed by atoms with E-state index in [1.807, 2.05) is 0 Å². The highest BCUT2D eigenvalue weighted by molar-refractivity contribution is 5.96. The normalized spacial score (nSPS) is 12.2. The van der Waals surface area contributed by atoms with Crippen molar-refractivity contribution in [1.82, 2.24) is 9.55 Å². The number of para-hydroxylation sites is 4. The van der Waals surface area contributed by atoms with E-state index < -0.39 is 34.9 Å². The molecule has 0 aliphatic rings. The van der Waals surface area contributed by atoms with E-state index in [1.54, 1.807) is 48.5 Å². The van der Waals surface area contributed by atoms with Crippen molar-refractivity contribution in [2.24, 2.45) is 0 Å². The van der Waals surface area contributed by atoms with Crippen LogP contribution in [0.25, 0.3) is 22.3 Å². The number of nitrogens with zero attached hydrogens (tertiary/aromatic N) is 2. The summed E-state index contributed by atoms with van der Waals surface area (Å²) >= 11 is 0. The van der Waals surface area contributed by atoms with Crippen LogP contribution < -0.4 is 16.2 Å². The van der Waals surface area contributed by atoms with Crippen molar-refractivity contribution in [3.05, 3.63) is 88.7 Å². The average molecular weight is 494 g/mol. The zero-order chi connectivity index (χ0) is 26.0. The minimum Gasteiger partial charge on any atom is -0.326 e. The highest BCUT2D eigenvalue weighted by atomic mass is 19.4. The number of hydrogen-bond acceptors (Lipinski definition) is 4. The molecule has 0 aliphatic heterocycles. The molecule has 4 aromatic rings. The average Bonchev–Trinajstić information content (AvgIpc) is 2.83. The molecule has 2 amide bonds. The number of rotatable bonds is 5. The maximum atomic E-state index is 13.7. The quantitative estimate of drug-likeness (QED) is 0.397. The fourth-order valence-electron chi connectivity index (χ4n) is 3.90. The summed E-state index contributed by atoms with van der Waals surface area (Å²) in [7, 11) is 0. The molecule has 0 unspecified atom stereocenters. The van der Waals surface area contributed by atoms with Gasteiger partial charge in [-0.2, -0.15) is 13.2 Å². The third-order valence-electron chi connectivity index (χ3n) is 5.54. The summed E-state index contributed by atoms with van der Waals surface area (Å²) in [6.07, 6.45) is -4.67. The van der Waals surface area contributed by atoms with Gasteiger partial charge in [0.25, 0.3) is 5.56 Å². The first kappa shape index (κ1) is 24.6. The highest BCUT2D eigenvalue weighted by Crippen LogP contribution is 2.35. The van der Waals surface area contributed by atoms with Crippen LogP contribution >= 0.6 is 0 Å². The summed E-state index contributed by atoms with van der Waals surface area (Å²) < 4.78 is 41.4. The monoisotopic (exact) mass is 494 g/mol. The van der Waals surface area contributed by atoms with Crippen molar-refractivity contribution in [3.63, 3.8) is 0 Å². The van der Waals surface area contributed by atoms with Crippen molar-refractivity contribution in [2.45, 2.75) is 26.1 Å². The molecule has 1 aromatic heterocycles. The number of alkyl halides is 3. The van der Waals surface area contributed by atoms with E-state index in [9.17, 15) is 27.6 Å². The Bertz CT molecular complexity index is 1530. The number of anilines is 2. The van der Waals surface area contributed by atoms with Crippen LogP contribution in [0.3, 0.4) is 0 Å². The van der Waals surface area contributed by atoms with Crippen molar-refractivity contribution in [1.29, 1.82) is 0 Å². The predicted octanol–water partition coefficient (Wildman–Crippen LogP) is 5.24. The molecule has 0 fully saturated rings. The molecule has 10 heteroatoms. The van der Waals surface area contributed by atoms with Gasteiger partial charge >= 0.3 is 6.18 Å². The van der Waals surface area contributed by atoms with Gasteiger partial charge in [-0.3, -0.25) is 19.0 Å². The summed E-state index contributed by atoms with van der Waals surface area (Å²) in [6, 6.07) is 16.6. The van der Waals surface area contributed by atoms with E-state index in [4.69, 9.17) is 0 Å². The molecule has 0 saturated carbocycles. The molecule has 0 spiro atoms. The Labute approximate surface area is 203 Å². The number of carbonyl (C=O) groups excluding carboxylic acids is 2. The maximum absolute atomic E-state index is 13.7. The van der Waals surface area contributed by atoms with Gasteiger partial charge in [0.1, 0.15) is 11.7 Å². The number of halogens is 3. The Morgan fingerprint density at radius 3 is 2.19 bits per heavy atom. The number of fused-ring (bicyclic) bond motifs is 1. The first-order valence-corrected chi connectivity index (χ1v) is 10.9. The van der Waals surface area contributed by atoms with Gasteiger partial charge in [0.05, 0.1) is 28.0 Å². The lowest BCUT2D eigenvalue weighted by Gasteiger charge is -2.20. The molecule has 1 atom stereocenters. The molecule has 36 heavy (non-hydrogen) atoms. The number of nitrogens with one attached hydrogen (secondary N) is 2. The van der Waals surface area contributed by atoms with Crippen LogP contribution in [0.5, 0.6) is 0 Å². The van der Waals surface area contributed by atoms with Crippen molar-refractivity contribution >= 4 is 34.2 Å². The SMILES string of the molecule is CC(=O)Nc1ccccc1-c1nc2ccccc2n([C@H](C)C(=O)Nc2ccccc2C(F)(F)F)c1=O. The molecule has 0 saturated heterocycles. The smallest absolute Gasteiger partial charge is 0.326 e. The van der Waals surface area contributed by atoms with E-state index in [-0.39, 0.29) is 11.6 Å². The Balaban J connectivity index is 1.84. The second kappa shape index (κ2) is 9.65. The zero-order valence-corrected chi connectivity index (χ0v) is 19.3. The molecule has 184 valence electrons. The number of carbonyl (C=O) groups is 2. The number of amides is 2. The number of benzene rings is 3. The van der Waals surface area contributed by atoms with Crippen molar-refractivity contribution < 1.29 is 22.8 Å². The Hall–Kier alpha value is -4.47. The molecular formula is C26H21F3N4O3. The Morgan fingerprint density at radius 1 is 0.889 bits per heavy atom. The van der Waals surface area contributed by atoms with Gasteiger partial charge in [-0.05, 0) is 37.3 Å². The summed E-state index contributed by atoms with van der Waals surface area (Å²) in [4.78, 5) is 43.0. The first-order valence-electron chi connectivity index (χ1n) is 10.9. The highest BCUT2D eigenvalue weighted by Gasteiger charge is 2.34. The Morgan fingerprint density at radius 2 is 1.50 bits per heavy atom. The molecular weight excluding hydrogens is 473 g/mol. The first-order chi connectivity index (χ1) is 17.1. The van der Waals surface area contributed by atoms with Crippen LogP contribution in [-0.4, -0.2) is 21.4 Å². The molecule has 4 rings (SSSR count). The van der Waals surface area contributed by atoms with E-state index in [0.717, 1.165) is 12.1 Å². The van der Waals surface area contributed by atoms with Gasteiger partial charge in [0.2, 0.25) is 11.8 Å². The molecule has 0 radical (unpaired) electrons. The zero-order valence-electron chi connectivity index (χ0n) is 19.3. The minimum atomic E-state index is -4.67. The summed E-state index contributed by atoms with van der Waals surface area (Å²) in [5.41, 5.74) is -0.659. The number of aromatic nitrogens is 2. The Kier molecular flexibility index (Phi) is 6.61. The second-order valence-corrected chi connectivity index (χ2v) is 8.06. The summed E-state index contributed by atoms with van der Waals surface area (Å²) in [5, 5.41) is 4.97. The van der Waals surface area contributed by atoms with Crippen LogP contribution in [0.15, 0.2) is 77.6 Å². The molecule has 0 bridgehead atoms. The maximum Gasteiger partial charge on any atom is 0.418 e. The van der Waals surface area contributed by atoms with Gasteiger partial charge in [-0.25, -0.2) is 4.98 Å². The number of hydrogen-bond donors (Lipinski definition) is 2. The van der Waals surface area contributed by atoms with Gasteiger partial charge in [0, 0.05) is 12.5 Å². The van der Waals surface area contributed by atoms with Crippen LogP contribution in [0.2, 0.25) is 0 Å². The van der Waals surface area contributed by atoms with Gasteiger partial charge < -0.3 is 10.6 Å². The van der Waals surface area contributed by atoms with Crippen molar-refractivity contribution in [3.8, 4) is 11.3 Å². The van der Waals surface area contributed by atoms with Crippen LogP contribution in [-0.2, 0) is 15.8 Å². The molecule has 7 nitrogen and oxygen atoms in total. The van der Waals surface area contributed by atoms with E-state index in [2.05, 4.69) is 15.6 Å². The van der Waals surface area contributed by atoms with Gasteiger partial charge in [-0.15, -0.1) is 0 Å². The van der Waals surface area contributed by atoms with E-state index >= 15 is 0 Å². The lowest BCUT2D eigenvalue weighted by atomic mass is 10.1. The standard InChI is InChI=1S/C26H21F3N4O3/c1-15(24(35)32-20-12-6-4-10-18(20)26(27,28)29)33-22-14-8-7-13-21(22)31-23(25(33)36)17-9-3-5-11-19(17)30-16(2)34/h3-15H,1-2H3,(H,30,34)(H,32,35)/t15-/m1/s1. The van der Waals surface area contributed by atoms with E-state index in [1.165, 1.54) is 30.5 Å². The summed E-state index contributed by atoms with van der Waals surface area (Å²) in [6.45, 7) is 2.75. The minimum absolute atomic E-state index is 0.0200. The lowest BCUT2D eigenvalue weighted by molar-refractivity contribution is -0.137. The third-order valence-corrected chi connectivity index (χ3v) is 5.54. The van der Waals surface area contributed by atoms with Gasteiger partial charge in [-0.1, -0.05) is 42.5 Å². The molecule has 0 aliphatic carbocycles. The summed E-state index contributed by atoms with van der Waals surface area (Å²) in [5.74, 6) is -1.16. The van der Waals surface area contributed by atoms with Crippen molar-refractivity contribution in [2.75, 3.05) is 10.6 Å². The second-order valence-electron chi connectivity index (χ2n) is 8.06. The predicted molar refractivity (Wildman–Crippen MR) is 131 cm³/mol. The molecule has 2 N–H and O–H groups in total. The molecule has 1 heterocycles.